The van der Waals surface area contributed by atoms with Crippen molar-refractivity contribution in [2.24, 2.45) is 0 Å². The maximum absolute atomic E-state index is 12.6. The molecule has 1 aliphatic heterocycles. The molecule has 1 atom stereocenters. The predicted molar refractivity (Wildman–Crippen MR) is 90.8 cm³/mol. The van der Waals surface area contributed by atoms with E-state index < -0.39 is 9.84 Å². The summed E-state index contributed by atoms with van der Waals surface area (Å²) in [5, 5.41) is 2.83. The third-order valence-electron chi connectivity index (χ3n) is 4.12. The third-order valence-corrected chi connectivity index (χ3v) is 5.87. The molecule has 2 amide bonds. The average Bonchev–Trinajstić information content (AvgIpc) is 3.13. The molecule has 0 bridgehead atoms. The summed E-state index contributed by atoms with van der Waals surface area (Å²) in [6.45, 7) is 0.693. The molecule has 3 rings (SSSR count). The van der Waals surface area contributed by atoms with Gasteiger partial charge in [0.15, 0.2) is 9.84 Å². The lowest BCUT2D eigenvalue weighted by Crippen LogP contribution is -2.45. The van der Waals surface area contributed by atoms with Crippen molar-refractivity contribution in [1.29, 1.82) is 0 Å². The zero-order valence-corrected chi connectivity index (χ0v) is 14.2. The van der Waals surface area contributed by atoms with Gasteiger partial charge in [-0.05, 0) is 24.6 Å². The van der Waals surface area contributed by atoms with Gasteiger partial charge in [-0.25, -0.2) is 18.2 Å². The van der Waals surface area contributed by atoms with E-state index in [4.69, 9.17) is 4.74 Å². The second kappa shape index (κ2) is 6.78. The van der Waals surface area contributed by atoms with Crippen LogP contribution in [-0.4, -0.2) is 67.1 Å². The van der Waals surface area contributed by atoms with E-state index in [2.05, 4.69) is 15.3 Å². The fourth-order valence-corrected chi connectivity index (χ4v) is 4.60. The summed E-state index contributed by atoms with van der Waals surface area (Å²) < 4.78 is 28.5. The van der Waals surface area contributed by atoms with E-state index in [1.807, 2.05) is 0 Å². The first-order chi connectivity index (χ1) is 11.5. The van der Waals surface area contributed by atoms with Crippen LogP contribution in [-0.2, 0) is 14.6 Å². The molecule has 1 aromatic heterocycles. The Morgan fingerprint density at radius 3 is 3.04 bits per heavy atom. The van der Waals surface area contributed by atoms with Crippen LogP contribution in [0.2, 0.25) is 0 Å². The SMILES string of the molecule is COCCN(C(=O)Nc1ccc2nc[nH]c2c1)C1CCS(=O)(=O)C1. The van der Waals surface area contributed by atoms with Crippen LogP contribution in [0, 0.1) is 0 Å². The van der Waals surface area contributed by atoms with Crippen LogP contribution in [0.3, 0.4) is 0 Å². The number of aromatic amines is 1. The van der Waals surface area contributed by atoms with Crippen molar-refractivity contribution in [3.63, 3.8) is 0 Å². The number of hydrogen-bond acceptors (Lipinski definition) is 5. The zero-order valence-electron chi connectivity index (χ0n) is 13.4. The van der Waals surface area contributed by atoms with Crippen molar-refractivity contribution in [2.75, 3.05) is 37.1 Å². The van der Waals surface area contributed by atoms with Crippen LogP contribution in [0.15, 0.2) is 24.5 Å². The van der Waals surface area contributed by atoms with Gasteiger partial charge in [0.1, 0.15) is 0 Å². The first-order valence-corrected chi connectivity index (χ1v) is 9.51. The number of hydrogen-bond donors (Lipinski definition) is 2. The molecule has 1 aromatic carbocycles. The highest BCUT2D eigenvalue weighted by atomic mass is 32.2. The van der Waals surface area contributed by atoms with Crippen LogP contribution in [0.5, 0.6) is 0 Å². The maximum atomic E-state index is 12.6. The van der Waals surface area contributed by atoms with E-state index >= 15 is 0 Å². The molecule has 1 saturated heterocycles. The fraction of sp³-hybridized carbons (Fsp3) is 0.467. The van der Waals surface area contributed by atoms with Gasteiger partial charge in [-0.3, -0.25) is 0 Å². The van der Waals surface area contributed by atoms with Gasteiger partial charge in [-0.1, -0.05) is 0 Å². The quantitative estimate of drug-likeness (QED) is 0.842. The number of methoxy groups -OCH3 is 1. The number of carbonyl (C=O) groups is 1. The van der Waals surface area contributed by atoms with E-state index in [9.17, 15) is 13.2 Å². The molecule has 130 valence electrons. The number of amides is 2. The summed E-state index contributed by atoms with van der Waals surface area (Å²) in [5.74, 6) is 0.123. The number of anilines is 1. The first-order valence-electron chi connectivity index (χ1n) is 7.68. The summed E-state index contributed by atoms with van der Waals surface area (Å²) in [6.07, 6.45) is 2.05. The van der Waals surface area contributed by atoms with Gasteiger partial charge in [0.05, 0.1) is 35.5 Å². The minimum Gasteiger partial charge on any atom is -0.383 e. The zero-order chi connectivity index (χ0) is 17.2. The van der Waals surface area contributed by atoms with E-state index in [1.54, 1.807) is 36.5 Å². The number of nitrogens with one attached hydrogen (secondary N) is 2. The molecular weight excluding hydrogens is 332 g/mol. The molecule has 0 aliphatic carbocycles. The van der Waals surface area contributed by atoms with Gasteiger partial charge in [0.25, 0.3) is 0 Å². The lowest BCUT2D eigenvalue weighted by molar-refractivity contribution is 0.140. The number of fused-ring (bicyclic) bond motifs is 1. The van der Waals surface area contributed by atoms with Crippen LogP contribution in [0.1, 0.15) is 6.42 Å². The Labute approximate surface area is 140 Å². The highest BCUT2D eigenvalue weighted by molar-refractivity contribution is 7.91. The Hall–Kier alpha value is -2.13. The predicted octanol–water partition coefficient (Wildman–Crippen LogP) is 1.23. The first kappa shape index (κ1) is 16.7. The number of aromatic nitrogens is 2. The van der Waals surface area contributed by atoms with Gasteiger partial charge in [-0.2, -0.15) is 0 Å². The number of imidazole rings is 1. The van der Waals surface area contributed by atoms with Crippen LogP contribution >= 0.6 is 0 Å². The van der Waals surface area contributed by atoms with Crippen molar-refractivity contribution in [1.82, 2.24) is 14.9 Å². The smallest absolute Gasteiger partial charge is 0.322 e. The van der Waals surface area contributed by atoms with E-state index in [1.165, 1.54) is 0 Å². The molecule has 8 nitrogen and oxygen atoms in total. The van der Waals surface area contributed by atoms with Gasteiger partial charge >= 0.3 is 6.03 Å². The number of benzene rings is 1. The second-order valence-corrected chi connectivity index (χ2v) is 8.04. The Bertz CT molecular complexity index is 833. The molecule has 1 unspecified atom stereocenters. The largest absolute Gasteiger partial charge is 0.383 e. The third kappa shape index (κ3) is 3.68. The molecule has 9 heteroatoms. The lowest BCUT2D eigenvalue weighted by atomic mass is 10.2. The van der Waals surface area contributed by atoms with E-state index in [-0.39, 0.29) is 23.6 Å². The molecule has 1 aliphatic rings. The van der Waals surface area contributed by atoms with Crippen molar-refractivity contribution in [2.45, 2.75) is 12.5 Å². The molecule has 1 fully saturated rings. The van der Waals surface area contributed by atoms with Crippen molar-refractivity contribution >= 4 is 32.6 Å². The summed E-state index contributed by atoms with van der Waals surface area (Å²) >= 11 is 0. The highest BCUT2D eigenvalue weighted by Crippen LogP contribution is 2.20. The Morgan fingerprint density at radius 1 is 1.50 bits per heavy atom. The number of rotatable bonds is 5. The number of ether oxygens (including phenoxy) is 1. The van der Waals surface area contributed by atoms with Crippen LogP contribution in [0.4, 0.5) is 10.5 Å². The minimum atomic E-state index is -3.07. The molecule has 24 heavy (non-hydrogen) atoms. The van der Waals surface area contributed by atoms with Gasteiger partial charge in [0, 0.05) is 25.4 Å². The van der Waals surface area contributed by atoms with Gasteiger partial charge < -0.3 is 19.9 Å². The molecule has 0 radical (unpaired) electrons. The van der Waals surface area contributed by atoms with Gasteiger partial charge in [0.2, 0.25) is 0 Å². The topological polar surface area (TPSA) is 104 Å². The van der Waals surface area contributed by atoms with Crippen molar-refractivity contribution in [3.05, 3.63) is 24.5 Å². The van der Waals surface area contributed by atoms with Crippen molar-refractivity contribution < 1.29 is 17.9 Å². The number of sulfone groups is 1. The van der Waals surface area contributed by atoms with Crippen LogP contribution in [0.25, 0.3) is 11.0 Å². The Balaban J connectivity index is 1.75. The molecule has 2 heterocycles. The molecular formula is C15H20N4O4S. The average molecular weight is 352 g/mol. The highest BCUT2D eigenvalue weighted by Gasteiger charge is 2.34. The van der Waals surface area contributed by atoms with E-state index in [0.717, 1.165) is 11.0 Å². The normalized spacial score (nSPS) is 19.5. The number of H-pyrrole nitrogens is 1. The number of nitrogens with zero attached hydrogens (tertiary/aromatic N) is 2. The second-order valence-electron chi connectivity index (χ2n) is 5.81. The maximum Gasteiger partial charge on any atom is 0.322 e. The van der Waals surface area contributed by atoms with Crippen LogP contribution < -0.4 is 5.32 Å². The summed E-state index contributed by atoms with van der Waals surface area (Å²) in [7, 11) is -1.52. The summed E-state index contributed by atoms with van der Waals surface area (Å²) in [6, 6.07) is 4.72. The Morgan fingerprint density at radius 2 is 2.33 bits per heavy atom. The molecule has 0 spiro atoms. The minimum absolute atomic E-state index is 0.00369. The lowest BCUT2D eigenvalue weighted by Gasteiger charge is -2.28. The molecule has 2 N–H and O–H groups in total. The monoisotopic (exact) mass is 352 g/mol. The van der Waals surface area contributed by atoms with E-state index in [0.29, 0.717) is 25.3 Å². The molecule has 0 saturated carbocycles. The summed E-state index contributed by atoms with van der Waals surface area (Å²) in [4.78, 5) is 21.3. The number of carbonyl (C=O) groups excluding carboxylic acids is 1. The standard InChI is InChI=1S/C15H20N4O4S/c1-23-6-5-19(12-4-7-24(21,22)9-12)15(20)18-11-2-3-13-14(8-11)17-10-16-13/h2-3,8,10,12H,4-7,9H2,1H3,(H,16,17)(H,18,20). The fourth-order valence-electron chi connectivity index (χ4n) is 2.87. The van der Waals surface area contributed by atoms with Crippen molar-refractivity contribution in [3.8, 4) is 0 Å². The summed E-state index contributed by atoms with van der Waals surface area (Å²) in [5.41, 5.74) is 2.26. The number of urea groups is 1. The Kier molecular flexibility index (Phi) is 4.72. The molecule has 2 aromatic rings. The van der Waals surface area contributed by atoms with Gasteiger partial charge in [-0.15, -0.1) is 0 Å².